The van der Waals surface area contributed by atoms with Crippen molar-refractivity contribution in [3.05, 3.63) is 77.6 Å². The molecule has 0 unspecified atom stereocenters. The van der Waals surface area contributed by atoms with E-state index in [2.05, 4.69) is 5.32 Å². The van der Waals surface area contributed by atoms with E-state index in [0.29, 0.717) is 11.3 Å². The highest BCUT2D eigenvalue weighted by Crippen LogP contribution is 2.24. The summed E-state index contributed by atoms with van der Waals surface area (Å²) in [7, 11) is -3.86. The summed E-state index contributed by atoms with van der Waals surface area (Å²) in [4.78, 5) is 24.1. The molecule has 1 aromatic heterocycles. The fourth-order valence-electron chi connectivity index (χ4n) is 2.52. The van der Waals surface area contributed by atoms with Crippen LogP contribution >= 0.6 is 0 Å². The molecule has 1 heterocycles. The molecule has 0 aliphatic rings. The molecule has 0 aliphatic heterocycles. The second-order valence-electron chi connectivity index (χ2n) is 6.19. The van der Waals surface area contributed by atoms with Gasteiger partial charge in [0.2, 0.25) is 14.9 Å². The number of amides is 1. The summed E-state index contributed by atoms with van der Waals surface area (Å²) in [5.41, 5.74) is 1.70. The van der Waals surface area contributed by atoms with Crippen LogP contribution in [0.1, 0.15) is 33.4 Å². The highest BCUT2D eigenvalue weighted by atomic mass is 32.2. The number of aryl methyl sites for hydroxylation is 1. The van der Waals surface area contributed by atoms with E-state index in [1.54, 1.807) is 19.1 Å². The van der Waals surface area contributed by atoms with Gasteiger partial charge in [0.25, 0.3) is 5.91 Å². The molecule has 7 nitrogen and oxygen atoms in total. The number of hydrogen-bond donors (Lipinski definition) is 1. The van der Waals surface area contributed by atoms with Crippen molar-refractivity contribution in [2.45, 2.75) is 23.8 Å². The van der Waals surface area contributed by atoms with Crippen molar-refractivity contribution in [1.29, 1.82) is 0 Å². The van der Waals surface area contributed by atoms with E-state index in [1.165, 1.54) is 48.5 Å². The largest absolute Gasteiger partial charge is 0.462 e. The summed E-state index contributed by atoms with van der Waals surface area (Å²) in [6.45, 7) is 3.83. The summed E-state index contributed by atoms with van der Waals surface area (Å²) in [5.74, 6) is -1.22. The van der Waals surface area contributed by atoms with Gasteiger partial charge in [-0.15, -0.1) is 0 Å². The lowest BCUT2D eigenvalue weighted by Gasteiger charge is -2.05. The van der Waals surface area contributed by atoms with Crippen LogP contribution in [-0.2, 0) is 14.6 Å². The van der Waals surface area contributed by atoms with E-state index < -0.39 is 21.7 Å². The quantitative estimate of drug-likeness (QED) is 0.616. The zero-order valence-corrected chi connectivity index (χ0v) is 16.7. The first-order chi connectivity index (χ1) is 13.8. The predicted octanol–water partition coefficient (Wildman–Crippen LogP) is 3.85. The molecule has 0 radical (unpaired) electrons. The molecular formula is C21H19NO6S. The van der Waals surface area contributed by atoms with Crippen LogP contribution in [0.3, 0.4) is 0 Å². The molecule has 2 aromatic carbocycles. The Kier molecular flexibility index (Phi) is 5.84. The number of sulfone groups is 1. The smallest absolute Gasteiger partial charge is 0.338 e. The molecule has 0 saturated carbocycles. The van der Waals surface area contributed by atoms with Crippen molar-refractivity contribution in [2.75, 3.05) is 11.9 Å². The van der Waals surface area contributed by atoms with Gasteiger partial charge in [-0.2, -0.15) is 0 Å². The third kappa shape index (κ3) is 4.55. The average Bonchev–Trinajstić information content (AvgIpc) is 3.20. The van der Waals surface area contributed by atoms with Crippen LogP contribution in [0.2, 0.25) is 0 Å². The number of ether oxygens (including phenoxy) is 1. The number of carbonyl (C=O) groups excluding carboxylic acids is 2. The van der Waals surface area contributed by atoms with Crippen molar-refractivity contribution in [3.63, 3.8) is 0 Å². The molecule has 150 valence electrons. The molecule has 1 N–H and O–H groups in total. The Hall–Kier alpha value is -3.39. The van der Waals surface area contributed by atoms with Crippen LogP contribution in [0.4, 0.5) is 5.69 Å². The Labute approximate surface area is 168 Å². The maximum atomic E-state index is 12.6. The number of furan rings is 1. The summed E-state index contributed by atoms with van der Waals surface area (Å²) in [6.07, 6.45) is 0. The van der Waals surface area contributed by atoms with Crippen molar-refractivity contribution in [2.24, 2.45) is 0 Å². The first kappa shape index (κ1) is 20.3. The highest BCUT2D eigenvalue weighted by molar-refractivity contribution is 7.91. The van der Waals surface area contributed by atoms with Crippen LogP contribution in [0.15, 0.2) is 75.1 Å². The normalized spacial score (nSPS) is 11.1. The third-order valence-corrected chi connectivity index (χ3v) is 5.70. The Morgan fingerprint density at radius 2 is 1.62 bits per heavy atom. The van der Waals surface area contributed by atoms with Crippen molar-refractivity contribution < 1.29 is 27.2 Å². The van der Waals surface area contributed by atoms with Crippen molar-refractivity contribution in [3.8, 4) is 0 Å². The predicted molar refractivity (Wildman–Crippen MR) is 106 cm³/mol. The summed E-state index contributed by atoms with van der Waals surface area (Å²) in [6, 6.07) is 15.0. The number of carbonyl (C=O) groups is 2. The molecule has 0 bridgehead atoms. The second kappa shape index (κ2) is 8.32. The number of rotatable bonds is 6. The third-order valence-electron chi connectivity index (χ3n) is 4.06. The molecule has 0 atom stereocenters. The molecule has 0 aliphatic carbocycles. The number of esters is 1. The lowest BCUT2D eigenvalue weighted by molar-refractivity contribution is 0.0526. The van der Waals surface area contributed by atoms with Gasteiger partial charge in [-0.3, -0.25) is 4.79 Å². The number of hydrogen-bond acceptors (Lipinski definition) is 6. The molecule has 3 rings (SSSR count). The van der Waals surface area contributed by atoms with Crippen LogP contribution in [0, 0.1) is 6.92 Å². The number of nitrogens with one attached hydrogen (secondary N) is 1. The lowest BCUT2D eigenvalue weighted by Crippen LogP contribution is -2.11. The van der Waals surface area contributed by atoms with Gasteiger partial charge in [-0.25, -0.2) is 13.2 Å². The fourth-order valence-corrected chi connectivity index (χ4v) is 3.69. The van der Waals surface area contributed by atoms with Gasteiger partial charge in [-0.1, -0.05) is 17.7 Å². The van der Waals surface area contributed by atoms with E-state index in [0.717, 1.165) is 5.56 Å². The van der Waals surface area contributed by atoms with Crippen LogP contribution < -0.4 is 5.32 Å². The fraction of sp³-hybridized carbons (Fsp3) is 0.143. The lowest BCUT2D eigenvalue weighted by atomic mass is 10.2. The van der Waals surface area contributed by atoms with Gasteiger partial charge in [0.15, 0.2) is 5.76 Å². The number of benzene rings is 2. The first-order valence-corrected chi connectivity index (χ1v) is 10.3. The minimum atomic E-state index is -3.86. The summed E-state index contributed by atoms with van der Waals surface area (Å²) in [5, 5.41) is 2.27. The van der Waals surface area contributed by atoms with Gasteiger partial charge < -0.3 is 14.5 Å². The van der Waals surface area contributed by atoms with E-state index in [4.69, 9.17) is 9.15 Å². The Morgan fingerprint density at radius 1 is 0.966 bits per heavy atom. The van der Waals surface area contributed by atoms with Gasteiger partial charge in [0.1, 0.15) is 0 Å². The van der Waals surface area contributed by atoms with Crippen LogP contribution in [0.25, 0.3) is 0 Å². The summed E-state index contributed by atoms with van der Waals surface area (Å²) >= 11 is 0. The molecule has 29 heavy (non-hydrogen) atoms. The molecular weight excluding hydrogens is 394 g/mol. The van der Waals surface area contributed by atoms with Gasteiger partial charge in [-0.05, 0) is 62.4 Å². The number of anilines is 1. The van der Waals surface area contributed by atoms with E-state index in [1.807, 2.05) is 6.92 Å². The zero-order valence-electron chi connectivity index (χ0n) is 15.8. The van der Waals surface area contributed by atoms with E-state index in [9.17, 15) is 18.0 Å². The maximum absolute atomic E-state index is 12.6. The van der Waals surface area contributed by atoms with Crippen LogP contribution in [-0.4, -0.2) is 26.9 Å². The highest BCUT2D eigenvalue weighted by Gasteiger charge is 2.23. The van der Waals surface area contributed by atoms with E-state index >= 15 is 0 Å². The van der Waals surface area contributed by atoms with Crippen molar-refractivity contribution in [1.82, 2.24) is 0 Å². The molecule has 3 aromatic rings. The Balaban J connectivity index is 1.74. The van der Waals surface area contributed by atoms with Crippen molar-refractivity contribution >= 4 is 27.4 Å². The first-order valence-electron chi connectivity index (χ1n) is 8.81. The Morgan fingerprint density at radius 3 is 2.24 bits per heavy atom. The van der Waals surface area contributed by atoms with Gasteiger partial charge in [0, 0.05) is 5.69 Å². The summed E-state index contributed by atoms with van der Waals surface area (Å²) < 4.78 is 35.4. The Bertz CT molecular complexity index is 1130. The zero-order chi connectivity index (χ0) is 21.0. The van der Waals surface area contributed by atoms with Gasteiger partial charge in [0.05, 0.1) is 17.1 Å². The molecule has 0 fully saturated rings. The standard InChI is InChI=1S/C21H19NO6S/c1-3-27-21(24)15-6-8-16(9-7-15)22-20(23)18-12-13-19(28-18)29(25,26)17-10-4-14(2)5-11-17/h4-13H,3H2,1-2H3,(H,22,23). The topological polar surface area (TPSA) is 103 Å². The van der Waals surface area contributed by atoms with E-state index in [-0.39, 0.29) is 22.4 Å². The molecule has 0 saturated heterocycles. The molecule has 1 amide bonds. The minimum absolute atomic E-state index is 0.0824. The monoisotopic (exact) mass is 413 g/mol. The molecule has 8 heteroatoms. The molecule has 0 spiro atoms. The second-order valence-corrected chi connectivity index (χ2v) is 8.07. The SMILES string of the molecule is CCOC(=O)c1ccc(NC(=O)c2ccc(S(=O)(=O)c3ccc(C)cc3)o2)cc1. The minimum Gasteiger partial charge on any atom is -0.462 e. The maximum Gasteiger partial charge on any atom is 0.338 e. The van der Waals surface area contributed by atoms with Crippen LogP contribution in [0.5, 0.6) is 0 Å². The average molecular weight is 413 g/mol. The van der Waals surface area contributed by atoms with Gasteiger partial charge >= 0.3 is 5.97 Å².